The molecular weight excluding hydrogens is 580 g/mol. The van der Waals surface area contributed by atoms with Gasteiger partial charge in [0.2, 0.25) is 5.91 Å². The third-order valence-corrected chi connectivity index (χ3v) is 11.6. The van der Waals surface area contributed by atoms with Crippen molar-refractivity contribution >= 4 is 51.2 Å². The summed E-state index contributed by atoms with van der Waals surface area (Å²) < 4.78 is 4.77. The molecule has 2 amide bonds. The molecule has 2 bridgehead atoms. The van der Waals surface area contributed by atoms with E-state index in [-0.39, 0.29) is 47.6 Å². The van der Waals surface area contributed by atoms with Crippen LogP contribution >= 0.6 is 27.7 Å². The average Bonchev–Trinajstić information content (AvgIpc) is 3.48. The van der Waals surface area contributed by atoms with Crippen LogP contribution in [0, 0.1) is 31.6 Å². The number of carbonyl (C=O) groups excluding carboxylic acids is 3. The number of hydrogen-bond donors (Lipinski definition) is 1. The normalized spacial score (nSPS) is 29.9. The molecule has 4 rings (SSSR count). The zero-order valence-electron chi connectivity index (χ0n) is 23.1. The minimum Gasteiger partial charge on any atom is -0.465 e. The smallest absolute Gasteiger partial charge is 0.310 e. The molecule has 212 valence electrons. The van der Waals surface area contributed by atoms with Gasteiger partial charge in [0.15, 0.2) is 0 Å². The summed E-state index contributed by atoms with van der Waals surface area (Å²) in [6.45, 7) is 15.6. The van der Waals surface area contributed by atoms with E-state index in [1.807, 2.05) is 45.9 Å². The molecule has 0 saturated carbocycles. The fraction of sp³-hybridized carbons (Fsp3) is 0.567. The van der Waals surface area contributed by atoms with Gasteiger partial charge in [-0.15, -0.1) is 24.9 Å². The van der Waals surface area contributed by atoms with Gasteiger partial charge < -0.3 is 19.6 Å². The van der Waals surface area contributed by atoms with E-state index in [2.05, 4.69) is 29.1 Å². The van der Waals surface area contributed by atoms with Crippen LogP contribution in [0.2, 0.25) is 0 Å². The number of halogens is 1. The van der Waals surface area contributed by atoms with E-state index in [4.69, 9.17) is 4.74 Å². The maximum atomic E-state index is 14.8. The maximum absolute atomic E-state index is 14.8. The number of aliphatic hydroxyl groups is 1. The van der Waals surface area contributed by atoms with Gasteiger partial charge >= 0.3 is 5.97 Å². The summed E-state index contributed by atoms with van der Waals surface area (Å²) in [5.74, 6) is -2.35. The molecule has 3 heterocycles. The molecule has 0 radical (unpaired) electrons. The van der Waals surface area contributed by atoms with Crippen LogP contribution in [0.25, 0.3) is 0 Å². The first kappa shape index (κ1) is 29.9. The van der Waals surface area contributed by atoms with E-state index in [9.17, 15) is 19.5 Å². The zero-order chi connectivity index (χ0) is 28.6. The summed E-state index contributed by atoms with van der Waals surface area (Å²) >= 11 is 5.36. The van der Waals surface area contributed by atoms with Gasteiger partial charge in [0.05, 0.1) is 35.8 Å². The standard InChI is InChI=1S/C30H39BrN2O5S/c1-7-9-13-38-29(37)23-24-27(35)33(22(16-34)17(3)4)26(30(24)15-20(31)25(23)39-30)28(36)32(12-8-2)21-14-18(5)10-11-19(21)6/h7-8,10-11,14,17,20,22-26,34H,1-2,9,12-13,15-16H2,3-6H3/t20?,22-,23-,24-,25-,26?,30?/m0/s1. The Labute approximate surface area is 244 Å². The van der Waals surface area contributed by atoms with Crippen LogP contribution in [-0.2, 0) is 19.1 Å². The van der Waals surface area contributed by atoms with Crippen molar-refractivity contribution in [3.8, 4) is 0 Å². The molecular formula is C30H39BrN2O5S. The molecule has 7 atom stereocenters. The molecule has 39 heavy (non-hydrogen) atoms. The first-order valence-corrected chi connectivity index (χ1v) is 15.4. The Bertz CT molecular complexity index is 1160. The lowest BCUT2D eigenvalue weighted by molar-refractivity contribution is -0.154. The molecule has 1 aromatic carbocycles. The fourth-order valence-corrected chi connectivity index (χ4v) is 10.1. The second-order valence-corrected chi connectivity index (χ2v) is 13.9. The highest BCUT2D eigenvalue weighted by Gasteiger charge is 2.76. The molecule has 0 aliphatic carbocycles. The number of thioether (sulfide) groups is 1. The van der Waals surface area contributed by atoms with Crippen molar-refractivity contribution in [3.05, 3.63) is 54.6 Å². The number of benzene rings is 1. The van der Waals surface area contributed by atoms with Crippen LogP contribution in [0.15, 0.2) is 43.5 Å². The quantitative estimate of drug-likeness (QED) is 0.171. The molecule has 0 aromatic heterocycles. The number of amides is 2. The van der Waals surface area contributed by atoms with Crippen molar-refractivity contribution < 1.29 is 24.2 Å². The number of aryl methyl sites for hydroxylation is 2. The summed E-state index contributed by atoms with van der Waals surface area (Å²) in [4.78, 5) is 45.8. The summed E-state index contributed by atoms with van der Waals surface area (Å²) in [7, 11) is 0. The number of alkyl halides is 1. The first-order valence-electron chi connectivity index (χ1n) is 13.6. The van der Waals surface area contributed by atoms with Crippen molar-refractivity contribution in [3.63, 3.8) is 0 Å². The third kappa shape index (κ3) is 4.99. The Morgan fingerprint density at radius 2 is 2.03 bits per heavy atom. The number of likely N-dealkylation sites (tertiary alicyclic amines) is 1. The third-order valence-electron chi connectivity index (χ3n) is 8.35. The molecule has 3 saturated heterocycles. The minimum atomic E-state index is -0.851. The number of esters is 1. The topological polar surface area (TPSA) is 87.1 Å². The summed E-state index contributed by atoms with van der Waals surface area (Å²) in [6, 6.07) is 4.54. The van der Waals surface area contributed by atoms with Gasteiger partial charge in [-0.2, -0.15) is 0 Å². The molecule has 1 aromatic rings. The highest BCUT2D eigenvalue weighted by Crippen LogP contribution is 2.68. The number of hydrogen-bond acceptors (Lipinski definition) is 6. The number of fused-ring (bicyclic) bond motifs is 1. The number of aliphatic hydroxyl groups excluding tert-OH is 1. The van der Waals surface area contributed by atoms with E-state index in [0.717, 1.165) is 16.8 Å². The summed E-state index contributed by atoms with van der Waals surface area (Å²) in [5.41, 5.74) is 2.72. The van der Waals surface area contributed by atoms with Crippen molar-refractivity contribution in [1.29, 1.82) is 0 Å². The Balaban J connectivity index is 1.84. The molecule has 1 N–H and O–H groups in total. The molecule has 3 aliphatic heterocycles. The Morgan fingerprint density at radius 3 is 2.64 bits per heavy atom. The molecule has 3 unspecified atom stereocenters. The number of anilines is 1. The lowest BCUT2D eigenvalue weighted by Crippen LogP contribution is -2.59. The average molecular weight is 620 g/mol. The molecule has 3 aliphatic rings. The Morgan fingerprint density at radius 1 is 1.31 bits per heavy atom. The van der Waals surface area contributed by atoms with E-state index >= 15 is 0 Å². The first-order chi connectivity index (χ1) is 18.5. The highest BCUT2D eigenvalue weighted by molar-refractivity contribution is 9.09. The number of carbonyl (C=O) groups is 3. The van der Waals surface area contributed by atoms with Crippen LogP contribution in [0.3, 0.4) is 0 Å². The molecule has 1 spiro atoms. The highest BCUT2D eigenvalue weighted by atomic mass is 79.9. The van der Waals surface area contributed by atoms with Crippen molar-refractivity contribution in [2.75, 3.05) is 24.7 Å². The zero-order valence-corrected chi connectivity index (χ0v) is 25.5. The summed E-state index contributed by atoms with van der Waals surface area (Å²) in [5, 5.41) is 10.3. The van der Waals surface area contributed by atoms with Gasteiger partial charge in [-0.05, 0) is 49.8 Å². The lowest BCUT2D eigenvalue weighted by Gasteiger charge is -2.41. The monoisotopic (exact) mass is 618 g/mol. The molecule has 7 nitrogen and oxygen atoms in total. The summed E-state index contributed by atoms with van der Waals surface area (Å²) in [6.07, 6.45) is 4.46. The predicted octanol–water partition coefficient (Wildman–Crippen LogP) is 4.42. The van der Waals surface area contributed by atoms with Crippen molar-refractivity contribution in [2.24, 2.45) is 17.8 Å². The van der Waals surface area contributed by atoms with Gasteiger partial charge in [0, 0.05) is 22.3 Å². The SMILES string of the molecule is C=CCCOC(=O)[C@H]1[C@H]2C(=O)N([C@@H](CO)C(C)C)C(C(=O)N(CC=C)c3cc(C)ccc3C)C23CC(Br)[C@@H]1S3. The predicted molar refractivity (Wildman–Crippen MR) is 159 cm³/mol. The van der Waals surface area contributed by atoms with E-state index in [1.54, 1.807) is 33.7 Å². The minimum absolute atomic E-state index is 0.0565. The van der Waals surface area contributed by atoms with Gasteiger partial charge in [0.1, 0.15) is 6.04 Å². The number of ether oxygens (including phenoxy) is 1. The van der Waals surface area contributed by atoms with E-state index < -0.39 is 34.6 Å². The largest absolute Gasteiger partial charge is 0.465 e. The van der Waals surface area contributed by atoms with E-state index in [0.29, 0.717) is 12.8 Å². The second-order valence-electron chi connectivity index (χ2n) is 11.2. The van der Waals surface area contributed by atoms with Crippen LogP contribution in [0.4, 0.5) is 5.69 Å². The van der Waals surface area contributed by atoms with Gasteiger partial charge in [-0.3, -0.25) is 14.4 Å². The lowest BCUT2D eigenvalue weighted by atomic mass is 9.71. The van der Waals surface area contributed by atoms with Crippen LogP contribution in [-0.4, -0.2) is 74.5 Å². The van der Waals surface area contributed by atoms with Gasteiger partial charge in [0.25, 0.3) is 5.91 Å². The van der Waals surface area contributed by atoms with Crippen LogP contribution in [0.1, 0.15) is 37.8 Å². The number of nitrogens with zero attached hydrogens (tertiary/aromatic N) is 2. The Kier molecular flexibility index (Phi) is 9.03. The van der Waals surface area contributed by atoms with Gasteiger partial charge in [-0.1, -0.05) is 54.1 Å². The fourth-order valence-electron chi connectivity index (χ4n) is 6.53. The van der Waals surface area contributed by atoms with Crippen molar-refractivity contribution in [2.45, 2.75) is 67.4 Å². The van der Waals surface area contributed by atoms with E-state index in [1.165, 1.54) is 0 Å². The second kappa shape index (κ2) is 11.8. The maximum Gasteiger partial charge on any atom is 0.310 e. The van der Waals surface area contributed by atoms with Crippen LogP contribution < -0.4 is 4.90 Å². The van der Waals surface area contributed by atoms with Crippen LogP contribution in [0.5, 0.6) is 0 Å². The molecule has 9 heteroatoms. The van der Waals surface area contributed by atoms with Crippen molar-refractivity contribution in [1.82, 2.24) is 4.90 Å². The molecule has 3 fully saturated rings. The van der Waals surface area contributed by atoms with Gasteiger partial charge in [-0.25, -0.2) is 0 Å². The number of rotatable bonds is 11. The Hall–Kier alpha value is -2.10.